The van der Waals surface area contributed by atoms with Crippen molar-refractivity contribution in [1.82, 2.24) is 9.78 Å². The number of aliphatic hydroxyl groups is 1. The van der Waals surface area contributed by atoms with Gasteiger partial charge in [-0.2, -0.15) is 5.10 Å². The van der Waals surface area contributed by atoms with E-state index in [4.69, 9.17) is 11.6 Å². The van der Waals surface area contributed by atoms with Crippen molar-refractivity contribution in [3.63, 3.8) is 0 Å². The second-order valence-electron chi connectivity index (χ2n) is 4.33. The van der Waals surface area contributed by atoms with Crippen LogP contribution in [-0.2, 0) is 29.2 Å². The zero-order valence-electron chi connectivity index (χ0n) is 10.9. The van der Waals surface area contributed by atoms with Crippen molar-refractivity contribution >= 4 is 21.4 Å². The van der Waals surface area contributed by atoms with E-state index in [2.05, 4.69) is 5.10 Å². The Hall–Kier alpha value is -0.590. The predicted molar refractivity (Wildman–Crippen MR) is 71.7 cm³/mol. The van der Waals surface area contributed by atoms with Gasteiger partial charge in [-0.15, -0.1) is 0 Å². The molecule has 0 aliphatic heterocycles. The molecular formula is C11H19ClN2O3S. The third-order valence-corrected chi connectivity index (χ3v) is 4.04. The molecular weight excluding hydrogens is 276 g/mol. The summed E-state index contributed by atoms with van der Waals surface area (Å²) in [7, 11) is -3.20. The highest BCUT2D eigenvalue weighted by atomic mass is 35.5. The van der Waals surface area contributed by atoms with E-state index in [1.165, 1.54) is 0 Å². The Morgan fingerprint density at radius 3 is 2.50 bits per heavy atom. The topological polar surface area (TPSA) is 72.2 Å². The Morgan fingerprint density at radius 2 is 2.06 bits per heavy atom. The third-order valence-electron chi connectivity index (χ3n) is 2.62. The van der Waals surface area contributed by atoms with Gasteiger partial charge in [-0.3, -0.25) is 4.68 Å². The molecule has 0 aliphatic carbocycles. The van der Waals surface area contributed by atoms with Crippen molar-refractivity contribution in [2.75, 3.05) is 12.0 Å². The summed E-state index contributed by atoms with van der Waals surface area (Å²) in [6.45, 7) is 4.51. The minimum atomic E-state index is -3.20. The van der Waals surface area contributed by atoms with Crippen LogP contribution in [0.4, 0.5) is 0 Å². The molecule has 1 heterocycles. The molecule has 1 unspecified atom stereocenters. The lowest BCUT2D eigenvalue weighted by molar-refractivity contribution is 0.195. The molecule has 0 aromatic carbocycles. The molecule has 0 radical (unpaired) electrons. The molecule has 1 atom stereocenters. The maximum Gasteiger partial charge on any atom is 0.150 e. The van der Waals surface area contributed by atoms with Crippen molar-refractivity contribution in [1.29, 1.82) is 0 Å². The van der Waals surface area contributed by atoms with E-state index in [1.807, 2.05) is 13.8 Å². The van der Waals surface area contributed by atoms with Gasteiger partial charge < -0.3 is 5.11 Å². The Morgan fingerprint density at radius 1 is 1.44 bits per heavy atom. The highest BCUT2D eigenvalue weighted by molar-refractivity contribution is 7.90. The normalized spacial score (nSPS) is 13.8. The zero-order valence-corrected chi connectivity index (χ0v) is 12.4. The Kier molecular flexibility index (Phi) is 5.19. The van der Waals surface area contributed by atoms with Gasteiger partial charge in [-0.1, -0.05) is 18.5 Å². The standard InChI is InChI=1S/C11H19ClN2O3S/c1-4-9-11(12)10(14(5-2)13-9)6-8(15)7-18(3,16)17/h8,15H,4-7H2,1-3H3. The predicted octanol–water partition coefficient (Wildman–Crippen LogP) is 1.07. The first-order valence-electron chi connectivity index (χ1n) is 5.88. The molecule has 0 bridgehead atoms. The molecule has 1 aromatic rings. The number of nitrogens with zero attached hydrogens (tertiary/aromatic N) is 2. The number of halogens is 1. The van der Waals surface area contributed by atoms with Crippen LogP contribution in [0.5, 0.6) is 0 Å². The number of sulfone groups is 1. The quantitative estimate of drug-likeness (QED) is 0.852. The number of hydrogen-bond donors (Lipinski definition) is 1. The van der Waals surface area contributed by atoms with Gasteiger partial charge in [0.1, 0.15) is 9.84 Å². The van der Waals surface area contributed by atoms with Gasteiger partial charge in [0.2, 0.25) is 0 Å². The first-order valence-corrected chi connectivity index (χ1v) is 8.32. The van der Waals surface area contributed by atoms with Gasteiger partial charge in [0.05, 0.1) is 28.3 Å². The first-order chi connectivity index (χ1) is 8.28. The van der Waals surface area contributed by atoms with Gasteiger partial charge in [0, 0.05) is 19.2 Å². The van der Waals surface area contributed by atoms with Crippen LogP contribution in [0.3, 0.4) is 0 Å². The van der Waals surface area contributed by atoms with E-state index in [0.29, 0.717) is 23.7 Å². The zero-order chi connectivity index (χ0) is 13.9. The smallest absolute Gasteiger partial charge is 0.150 e. The molecule has 104 valence electrons. The summed E-state index contributed by atoms with van der Waals surface area (Å²) < 4.78 is 23.9. The second kappa shape index (κ2) is 6.04. The van der Waals surface area contributed by atoms with Crippen LogP contribution in [0.25, 0.3) is 0 Å². The van der Waals surface area contributed by atoms with Crippen LogP contribution < -0.4 is 0 Å². The molecule has 0 amide bonds. The highest BCUT2D eigenvalue weighted by Gasteiger charge is 2.20. The number of aliphatic hydroxyl groups excluding tert-OH is 1. The Labute approximate surface area is 113 Å². The molecule has 18 heavy (non-hydrogen) atoms. The number of aromatic nitrogens is 2. The van der Waals surface area contributed by atoms with Gasteiger partial charge >= 0.3 is 0 Å². The molecule has 0 saturated heterocycles. The number of aryl methyl sites for hydroxylation is 2. The molecule has 0 spiro atoms. The average molecular weight is 295 g/mol. The SMILES string of the molecule is CCc1nn(CC)c(CC(O)CS(C)(=O)=O)c1Cl. The molecule has 5 nitrogen and oxygen atoms in total. The summed E-state index contributed by atoms with van der Waals surface area (Å²) >= 11 is 6.18. The van der Waals surface area contributed by atoms with Crippen molar-refractivity contribution in [2.45, 2.75) is 39.3 Å². The average Bonchev–Trinajstić information content (AvgIpc) is 2.53. The van der Waals surface area contributed by atoms with Crippen LogP contribution >= 0.6 is 11.6 Å². The van der Waals surface area contributed by atoms with Crippen molar-refractivity contribution in [3.8, 4) is 0 Å². The number of rotatable bonds is 6. The van der Waals surface area contributed by atoms with Crippen LogP contribution in [0.1, 0.15) is 25.2 Å². The van der Waals surface area contributed by atoms with Crippen LogP contribution in [0.15, 0.2) is 0 Å². The fourth-order valence-electron chi connectivity index (χ4n) is 1.84. The van der Waals surface area contributed by atoms with Gasteiger partial charge in [-0.25, -0.2) is 8.42 Å². The lowest BCUT2D eigenvalue weighted by Crippen LogP contribution is -2.23. The minimum Gasteiger partial charge on any atom is -0.392 e. The fraction of sp³-hybridized carbons (Fsp3) is 0.727. The van der Waals surface area contributed by atoms with E-state index < -0.39 is 15.9 Å². The first kappa shape index (κ1) is 15.5. The number of hydrogen-bond acceptors (Lipinski definition) is 4. The molecule has 0 aliphatic rings. The van der Waals surface area contributed by atoms with Crippen LogP contribution in [0.2, 0.25) is 5.02 Å². The van der Waals surface area contributed by atoms with Gasteiger partial charge in [-0.05, 0) is 13.3 Å². The van der Waals surface area contributed by atoms with E-state index in [1.54, 1.807) is 4.68 Å². The maximum atomic E-state index is 11.1. The Balaban J connectivity index is 2.93. The van der Waals surface area contributed by atoms with E-state index >= 15 is 0 Å². The van der Waals surface area contributed by atoms with E-state index in [0.717, 1.165) is 11.9 Å². The summed E-state index contributed by atoms with van der Waals surface area (Å²) in [5, 5.41) is 14.6. The monoisotopic (exact) mass is 294 g/mol. The Bertz CT molecular complexity index is 511. The molecule has 1 rings (SSSR count). The summed E-state index contributed by atoms with van der Waals surface area (Å²) in [6.07, 6.45) is 1.06. The lowest BCUT2D eigenvalue weighted by Gasteiger charge is -2.11. The minimum absolute atomic E-state index is 0.201. The summed E-state index contributed by atoms with van der Waals surface area (Å²) in [4.78, 5) is 0. The van der Waals surface area contributed by atoms with E-state index in [-0.39, 0.29) is 12.2 Å². The summed E-state index contributed by atoms with van der Waals surface area (Å²) in [5.74, 6) is -0.264. The van der Waals surface area contributed by atoms with Crippen LogP contribution in [-0.4, -0.2) is 41.4 Å². The van der Waals surface area contributed by atoms with Crippen molar-refractivity contribution in [3.05, 3.63) is 16.4 Å². The van der Waals surface area contributed by atoms with Gasteiger partial charge in [0.25, 0.3) is 0 Å². The summed E-state index contributed by atoms with van der Waals surface area (Å²) in [6, 6.07) is 0. The molecule has 1 N–H and O–H groups in total. The van der Waals surface area contributed by atoms with Crippen LogP contribution in [0, 0.1) is 0 Å². The largest absolute Gasteiger partial charge is 0.392 e. The van der Waals surface area contributed by atoms with Crippen molar-refractivity contribution < 1.29 is 13.5 Å². The van der Waals surface area contributed by atoms with E-state index in [9.17, 15) is 13.5 Å². The molecule has 0 saturated carbocycles. The molecule has 7 heteroatoms. The maximum absolute atomic E-state index is 11.1. The summed E-state index contributed by atoms with van der Waals surface area (Å²) in [5.41, 5.74) is 1.48. The van der Waals surface area contributed by atoms with Crippen molar-refractivity contribution in [2.24, 2.45) is 0 Å². The lowest BCUT2D eigenvalue weighted by atomic mass is 10.2. The van der Waals surface area contributed by atoms with Gasteiger partial charge in [0.15, 0.2) is 0 Å². The molecule has 0 fully saturated rings. The molecule has 1 aromatic heterocycles. The highest BCUT2D eigenvalue weighted by Crippen LogP contribution is 2.23. The fourth-order valence-corrected chi connectivity index (χ4v) is 3.01. The second-order valence-corrected chi connectivity index (χ2v) is 6.89. The third kappa shape index (κ3) is 3.96.